The number of benzene rings is 1. The minimum atomic E-state index is 0.636. The molecule has 0 unspecified atom stereocenters. The van der Waals surface area contributed by atoms with E-state index in [1.165, 1.54) is 0 Å². The number of hydrogen-bond donors (Lipinski definition) is 0. The third-order valence-electron chi connectivity index (χ3n) is 2.75. The number of fused-ring (bicyclic) bond motifs is 1. The highest BCUT2D eigenvalue weighted by Gasteiger charge is 2.20. The Morgan fingerprint density at radius 3 is 2.93 bits per heavy atom. The van der Waals surface area contributed by atoms with Gasteiger partial charge in [-0.2, -0.15) is 0 Å². The van der Waals surface area contributed by atoms with Crippen molar-refractivity contribution in [2.75, 3.05) is 19.8 Å². The van der Waals surface area contributed by atoms with Crippen molar-refractivity contribution in [2.24, 2.45) is 4.99 Å². The number of ether oxygens (including phenoxy) is 2. The van der Waals surface area contributed by atoms with Crippen molar-refractivity contribution in [3.63, 3.8) is 0 Å². The molecule has 0 saturated heterocycles. The molecule has 3 heteroatoms. The highest BCUT2D eigenvalue weighted by molar-refractivity contribution is 6.04. The first-order valence-electron chi connectivity index (χ1n) is 5.37. The summed E-state index contributed by atoms with van der Waals surface area (Å²) in [5, 5.41) is 0. The fraction of sp³-hybridized carbons (Fsp3) is 0.417. The molecule has 0 fully saturated rings. The van der Waals surface area contributed by atoms with Crippen LogP contribution in [0.5, 0.6) is 11.5 Å². The van der Waals surface area contributed by atoms with E-state index in [1.807, 2.05) is 12.1 Å². The van der Waals surface area contributed by atoms with E-state index < -0.39 is 0 Å². The van der Waals surface area contributed by atoms with Gasteiger partial charge in [-0.25, -0.2) is 0 Å². The summed E-state index contributed by atoms with van der Waals surface area (Å²) in [6.45, 7) is 2.22. The van der Waals surface area contributed by atoms with E-state index in [2.05, 4.69) is 11.1 Å². The van der Waals surface area contributed by atoms with Crippen LogP contribution in [0, 0.1) is 0 Å². The van der Waals surface area contributed by atoms with Crippen LogP contribution in [0.25, 0.3) is 0 Å². The maximum Gasteiger partial charge on any atom is 0.170 e. The van der Waals surface area contributed by atoms with Gasteiger partial charge in [0.05, 0.1) is 0 Å². The van der Waals surface area contributed by atoms with Gasteiger partial charge < -0.3 is 9.47 Å². The van der Waals surface area contributed by atoms with E-state index >= 15 is 0 Å². The first-order valence-corrected chi connectivity index (χ1v) is 5.37. The predicted molar refractivity (Wildman–Crippen MR) is 58.1 cm³/mol. The molecule has 0 radical (unpaired) electrons. The fourth-order valence-electron chi connectivity index (χ4n) is 2.06. The monoisotopic (exact) mass is 203 g/mol. The van der Waals surface area contributed by atoms with Crippen molar-refractivity contribution in [2.45, 2.75) is 12.8 Å². The van der Waals surface area contributed by atoms with Gasteiger partial charge in [-0.05, 0) is 25.0 Å². The lowest BCUT2D eigenvalue weighted by Gasteiger charge is -2.20. The molecule has 1 aromatic carbocycles. The zero-order chi connectivity index (χ0) is 10.1. The Labute approximate surface area is 88.7 Å². The molecule has 0 atom stereocenters. The fourth-order valence-corrected chi connectivity index (χ4v) is 2.06. The summed E-state index contributed by atoms with van der Waals surface area (Å²) < 4.78 is 11.2. The number of nitrogens with zero attached hydrogens (tertiary/aromatic N) is 1. The summed E-state index contributed by atoms with van der Waals surface area (Å²) >= 11 is 0. The largest absolute Gasteiger partial charge is 0.486 e. The molecular weight excluding hydrogens is 190 g/mol. The van der Waals surface area contributed by atoms with Gasteiger partial charge in [0.25, 0.3) is 0 Å². The summed E-state index contributed by atoms with van der Waals surface area (Å²) in [6.07, 6.45) is 2.21. The van der Waals surface area contributed by atoms with Gasteiger partial charge in [0.2, 0.25) is 0 Å². The molecule has 0 aliphatic carbocycles. The van der Waals surface area contributed by atoms with E-state index in [0.29, 0.717) is 13.2 Å². The van der Waals surface area contributed by atoms with Crippen LogP contribution in [0.2, 0.25) is 0 Å². The predicted octanol–water partition coefficient (Wildman–Crippen LogP) is 2.04. The summed E-state index contributed by atoms with van der Waals surface area (Å²) in [7, 11) is 0. The van der Waals surface area contributed by atoms with Gasteiger partial charge in [0, 0.05) is 17.8 Å². The van der Waals surface area contributed by atoms with Crippen molar-refractivity contribution >= 4 is 5.71 Å². The Morgan fingerprint density at radius 1 is 1.13 bits per heavy atom. The van der Waals surface area contributed by atoms with Crippen molar-refractivity contribution in [1.82, 2.24) is 0 Å². The van der Waals surface area contributed by atoms with Gasteiger partial charge in [-0.3, -0.25) is 4.99 Å². The first-order chi connectivity index (χ1) is 7.45. The van der Waals surface area contributed by atoms with Crippen LogP contribution >= 0.6 is 0 Å². The summed E-state index contributed by atoms with van der Waals surface area (Å²) in [5.41, 5.74) is 2.28. The topological polar surface area (TPSA) is 30.8 Å². The minimum absolute atomic E-state index is 0.636. The van der Waals surface area contributed by atoms with Gasteiger partial charge in [-0.1, -0.05) is 6.07 Å². The highest BCUT2D eigenvalue weighted by atomic mass is 16.6. The lowest BCUT2D eigenvalue weighted by molar-refractivity contribution is 0.171. The second-order valence-electron chi connectivity index (χ2n) is 3.76. The van der Waals surface area contributed by atoms with E-state index in [-0.39, 0.29) is 0 Å². The number of aliphatic imine (C=N–C) groups is 1. The SMILES string of the molecule is c1cc2c(c(C3=NCCC3)c1)OCCO2. The summed E-state index contributed by atoms with van der Waals surface area (Å²) in [5.74, 6) is 1.73. The molecule has 0 amide bonds. The minimum Gasteiger partial charge on any atom is -0.486 e. The average Bonchev–Trinajstić information content (AvgIpc) is 2.82. The zero-order valence-electron chi connectivity index (χ0n) is 8.53. The molecule has 2 heterocycles. The van der Waals surface area contributed by atoms with Crippen LogP contribution in [0.1, 0.15) is 18.4 Å². The summed E-state index contributed by atoms with van der Waals surface area (Å²) in [6, 6.07) is 6.02. The van der Waals surface area contributed by atoms with Crippen LogP contribution in [0.15, 0.2) is 23.2 Å². The van der Waals surface area contributed by atoms with Crippen LogP contribution in [0.3, 0.4) is 0 Å². The molecule has 3 nitrogen and oxygen atoms in total. The molecule has 2 aliphatic heterocycles. The lowest BCUT2D eigenvalue weighted by Crippen LogP contribution is -2.17. The molecule has 78 valence electrons. The van der Waals surface area contributed by atoms with E-state index in [0.717, 1.165) is 42.2 Å². The molecule has 0 bridgehead atoms. The molecule has 3 rings (SSSR count). The van der Waals surface area contributed by atoms with Crippen molar-refractivity contribution in [1.29, 1.82) is 0 Å². The number of hydrogen-bond acceptors (Lipinski definition) is 3. The number of rotatable bonds is 1. The average molecular weight is 203 g/mol. The van der Waals surface area contributed by atoms with E-state index in [4.69, 9.17) is 9.47 Å². The Morgan fingerprint density at radius 2 is 2.07 bits per heavy atom. The molecule has 0 N–H and O–H groups in total. The van der Waals surface area contributed by atoms with Gasteiger partial charge in [-0.15, -0.1) is 0 Å². The molecule has 0 aromatic heterocycles. The van der Waals surface area contributed by atoms with Crippen molar-refractivity contribution in [3.05, 3.63) is 23.8 Å². The normalized spacial score (nSPS) is 18.8. The van der Waals surface area contributed by atoms with Gasteiger partial charge in [0.15, 0.2) is 11.5 Å². The van der Waals surface area contributed by atoms with Crippen LogP contribution in [0.4, 0.5) is 0 Å². The van der Waals surface area contributed by atoms with Crippen molar-refractivity contribution < 1.29 is 9.47 Å². The Bertz CT molecular complexity index is 412. The maximum absolute atomic E-state index is 5.66. The first kappa shape index (κ1) is 8.77. The number of para-hydroxylation sites is 1. The van der Waals surface area contributed by atoms with Gasteiger partial charge >= 0.3 is 0 Å². The molecule has 0 saturated carbocycles. The third-order valence-corrected chi connectivity index (χ3v) is 2.75. The van der Waals surface area contributed by atoms with Crippen LogP contribution in [-0.4, -0.2) is 25.5 Å². The molecule has 0 spiro atoms. The second kappa shape index (κ2) is 3.57. The third kappa shape index (κ3) is 1.48. The lowest BCUT2D eigenvalue weighted by atomic mass is 10.1. The van der Waals surface area contributed by atoms with E-state index in [9.17, 15) is 0 Å². The Balaban J connectivity index is 2.06. The second-order valence-corrected chi connectivity index (χ2v) is 3.76. The summed E-state index contributed by atoms with van der Waals surface area (Å²) in [4.78, 5) is 4.50. The molecule has 2 aliphatic rings. The van der Waals surface area contributed by atoms with E-state index in [1.54, 1.807) is 0 Å². The molecular formula is C12H13NO2. The molecule has 15 heavy (non-hydrogen) atoms. The zero-order valence-corrected chi connectivity index (χ0v) is 8.53. The van der Waals surface area contributed by atoms with Crippen LogP contribution in [-0.2, 0) is 0 Å². The maximum atomic E-state index is 5.66. The van der Waals surface area contributed by atoms with Gasteiger partial charge in [0.1, 0.15) is 13.2 Å². The van der Waals surface area contributed by atoms with Crippen molar-refractivity contribution in [3.8, 4) is 11.5 Å². The molecule has 1 aromatic rings. The quantitative estimate of drug-likeness (QED) is 0.699. The Kier molecular flexibility index (Phi) is 2.09. The standard InChI is InChI=1S/C12H13NO2/c1-3-9(10-4-2-6-13-10)12-11(5-1)14-7-8-15-12/h1,3,5H,2,4,6-8H2. The highest BCUT2D eigenvalue weighted by Crippen LogP contribution is 2.35. The Hall–Kier alpha value is -1.51. The smallest absolute Gasteiger partial charge is 0.170 e. The van der Waals surface area contributed by atoms with Crippen LogP contribution < -0.4 is 9.47 Å².